The van der Waals surface area contributed by atoms with E-state index >= 15 is 0 Å². The summed E-state index contributed by atoms with van der Waals surface area (Å²) in [6, 6.07) is 0. The molecule has 0 saturated carbocycles. The van der Waals surface area contributed by atoms with Crippen molar-refractivity contribution < 1.29 is 8.42 Å². The third kappa shape index (κ3) is 3.18. The van der Waals surface area contributed by atoms with Gasteiger partial charge in [0, 0.05) is 26.2 Å². The van der Waals surface area contributed by atoms with Gasteiger partial charge in [-0.25, -0.2) is 18.4 Å². The van der Waals surface area contributed by atoms with Crippen LogP contribution in [0, 0.1) is 5.41 Å². The second-order valence-corrected chi connectivity index (χ2v) is 6.31. The lowest BCUT2D eigenvalue weighted by molar-refractivity contribution is 0.387. The molecule has 0 bridgehead atoms. The molecule has 0 unspecified atom stereocenters. The van der Waals surface area contributed by atoms with Crippen molar-refractivity contribution in [3.63, 3.8) is 0 Å². The Kier molecular flexibility index (Phi) is 3.67. The molecule has 0 spiro atoms. The highest BCUT2D eigenvalue weighted by molar-refractivity contribution is 7.88. The second kappa shape index (κ2) is 5.10. The molecule has 1 aromatic heterocycles. The van der Waals surface area contributed by atoms with Gasteiger partial charge in [0.15, 0.2) is 0 Å². The lowest BCUT2D eigenvalue weighted by Crippen LogP contribution is -2.48. The number of hydrogen-bond donors (Lipinski definition) is 2. The predicted molar refractivity (Wildman–Crippen MR) is 71.7 cm³/mol. The summed E-state index contributed by atoms with van der Waals surface area (Å²) < 4.78 is 24.2. The van der Waals surface area contributed by atoms with Gasteiger partial charge in [0.2, 0.25) is 10.0 Å². The molecule has 8 nitrogen and oxygen atoms in total. The first-order valence-electron chi connectivity index (χ1n) is 5.74. The molecule has 0 radical (unpaired) electrons. The molecule has 1 aliphatic heterocycles. The van der Waals surface area contributed by atoms with Crippen LogP contribution < -0.4 is 10.6 Å². The number of nitrogens with zero attached hydrogens (tertiary/aromatic N) is 4. The molecule has 19 heavy (non-hydrogen) atoms. The van der Waals surface area contributed by atoms with Gasteiger partial charge in [0.05, 0.1) is 18.6 Å². The second-order valence-electron chi connectivity index (χ2n) is 4.32. The Morgan fingerprint density at radius 2 is 1.89 bits per heavy atom. The number of rotatable bonds is 3. The van der Waals surface area contributed by atoms with Crippen molar-refractivity contribution in [3.8, 4) is 0 Å². The van der Waals surface area contributed by atoms with E-state index in [1.54, 1.807) is 6.20 Å². The molecule has 1 aliphatic rings. The summed E-state index contributed by atoms with van der Waals surface area (Å²) in [6.45, 7) is 2.02. The Morgan fingerprint density at radius 1 is 1.26 bits per heavy atom. The first-order chi connectivity index (χ1) is 8.88. The van der Waals surface area contributed by atoms with Gasteiger partial charge in [-0.05, 0) is 0 Å². The van der Waals surface area contributed by atoms with E-state index in [9.17, 15) is 8.42 Å². The van der Waals surface area contributed by atoms with E-state index in [4.69, 9.17) is 11.1 Å². The average Bonchev–Trinajstić information content (AvgIpc) is 2.38. The molecule has 3 N–H and O–H groups in total. The quantitative estimate of drug-likeness (QED) is 0.534. The smallest absolute Gasteiger partial charge is 0.211 e. The number of nitrogen functional groups attached to an aromatic ring is 1. The summed E-state index contributed by atoms with van der Waals surface area (Å²) in [5, 5.41) is 7.23. The lowest BCUT2D eigenvalue weighted by Gasteiger charge is -2.33. The van der Waals surface area contributed by atoms with Crippen LogP contribution in [-0.4, -0.2) is 61.0 Å². The van der Waals surface area contributed by atoms with Crippen LogP contribution >= 0.6 is 0 Å². The van der Waals surface area contributed by atoms with Crippen LogP contribution in [0.3, 0.4) is 0 Å². The summed E-state index contributed by atoms with van der Waals surface area (Å²) in [5.74, 6) is 0.541. The highest BCUT2D eigenvalue weighted by Gasteiger charge is 2.24. The van der Waals surface area contributed by atoms with Gasteiger partial charge in [-0.3, -0.25) is 5.41 Å². The van der Waals surface area contributed by atoms with Crippen LogP contribution in [-0.2, 0) is 10.0 Å². The molecular formula is C10H16N6O2S. The van der Waals surface area contributed by atoms with Crippen LogP contribution in [0.2, 0.25) is 0 Å². The normalized spacial score (nSPS) is 17.4. The number of amidine groups is 1. The Morgan fingerprint density at radius 3 is 2.32 bits per heavy atom. The summed E-state index contributed by atoms with van der Waals surface area (Å²) in [5.41, 5.74) is 5.63. The number of sulfonamides is 1. The van der Waals surface area contributed by atoms with Gasteiger partial charge in [0.1, 0.15) is 17.3 Å². The minimum absolute atomic E-state index is 0.124. The molecule has 2 rings (SSSR count). The van der Waals surface area contributed by atoms with Crippen LogP contribution in [0.4, 0.5) is 5.82 Å². The van der Waals surface area contributed by atoms with Gasteiger partial charge in [0.25, 0.3) is 0 Å². The standard InChI is InChI=1S/C10H16N6O2S/c1-19(17,18)16-4-2-15(3-5-16)9-7-13-8(6-14-9)10(11)12/h6-7H,2-5H2,1H3,(H3,11,12). The van der Waals surface area contributed by atoms with Crippen molar-refractivity contribution in [3.05, 3.63) is 18.1 Å². The molecule has 1 fully saturated rings. The van der Waals surface area contributed by atoms with E-state index in [0.29, 0.717) is 37.7 Å². The Balaban J connectivity index is 2.03. The molecule has 0 aromatic carbocycles. The fourth-order valence-corrected chi connectivity index (χ4v) is 2.70. The molecule has 1 aromatic rings. The van der Waals surface area contributed by atoms with Crippen molar-refractivity contribution >= 4 is 21.7 Å². The van der Waals surface area contributed by atoms with Crippen molar-refractivity contribution in [2.24, 2.45) is 5.73 Å². The summed E-state index contributed by atoms with van der Waals surface area (Å²) in [7, 11) is -3.12. The van der Waals surface area contributed by atoms with Crippen molar-refractivity contribution in [2.75, 3.05) is 37.3 Å². The number of nitrogens with two attached hydrogens (primary N) is 1. The molecular weight excluding hydrogens is 268 g/mol. The van der Waals surface area contributed by atoms with Crippen LogP contribution in [0.15, 0.2) is 12.4 Å². The van der Waals surface area contributed by atoms with Gasteiger partial charge < -0.3 is 10.6 Å². The largest absolute Gasteiger partial charge is 0.382 e. The minimum atomic E-state index is -3.12. The number of aromatic nitrogens is 2. The molecule has 0 amide bonds. The summed E-state index contributed by atoms with van der Waals surface area (Å²) in [4.78, 5) is 10.2. The van der Waals surface area contributed by atoms with E-state index in [0.717, 1.165) is 0 Å². The first kappa shape index (κ1) is 13.7. The third-order valence-electron chi connectivity index (χ3n) is 2.95. The zero-order valence-electron chi connectivity index (χ0n) is 10.6. The average molecular weight is 284 g/mol. The molecule has 104 valence electrons. The van der Waals surface area contributed by atoms with Gasteiger partial charge in [-0.2, -0.15) is 4.31 Å². The van der Waals surface area contributed by atoms with Crippen molar-refractivity contribution in [1.82, 2.24) is 14.3 Å². The maximum atomic E-state index is 11.4. The highest BCUT2D eigenvalue weighted by atomic mass is 32.2. The highest BCUT2D eigenvalue weighted by Crippen LogP contribution is 2.13. The number of hydrogen-bond acceptors (Lipinski definition) is 6. The maximum absolute atomic E-state index is 11.4. The number of nitrogens with one attached hydrogen (secondary N) is 1. The van der Waals surface area contributed by atoms with E-state index in [1.165, 1.54) is 16.8 Å². The third-order valence-corrected chi connectivity index (χ3v) is 4.25. The fourth-order valence-electron chi connectivity index (χ4n) is 1.87. The maximum Gasteiger partial charge on any atom is 0.211 e. The Bertz CT molecular complexity index is 562. The monoisotopic (exact) mass is 284 g/mol. The van der Waals surface area contributed by atoms with Gasteiger partial charge in [-0.1, -0.05) is 0 Å². The summed E-state index contributed by atoms with van der Waals surface area (Å²) in [6.07, 6.45) is 4.21. The summed E-state index contributed by atoms with van der Waals surface area (Å²) >= 11 is 0. The van der Waals surface area contributed by atoms with E-state index < -0.39 is 10.0 Å². The van der Waals surface area contributed by atoms with E-state index in [-0.39, 0.29) is 5.84 Å². The van der Waals surface area contributed by atoms with E-state index in [1.807, 2.05) is 4.90 Å². The lowest BCUT2D eigenvalue weighted by atomic mass is 10.3. The topological polar surface area (TPSA) is 116 Å². The van der Waals surface area contributed by atoms with E-state index in [2.05, 4.69) is 9.97 Å². The van der Waals surface area contributed by atoms with Crippen molar-refractivity contribution in [2.45, 2.75) is 0 Å². The van der Waals surface area contributed by atoms with Crippen molar-refractivity contribution in [1.29, 1.82) is 5.41 Å². The Hall–Kier alpha value is -1.74. The molecule has 0 atom stereocenters. The zero-order valence-corrected chi connectivity index (χ0v) is 11.4. The number of piperazine rings is 1. The zero-order chi connectivity index (χ0) is 14.0. The molecule has 1 saturated heterocycles. The molecule has 9 heteroatoms. The SMILES string of the molecule is CS(=O)(=O)N1CCN(c2cnc(C(=N)N)cn2)CC1. The first-order valence-corrected chi connectivity index (χ1v) is 7.59. The van der Waals surface area contributed by atoms with Crippen LogP contribution in [0.5, 0.6) is 0 Å². The predicted octanol–water partition coefficient (Wildman–Crippen LogP) is -1.16. The van der Waals surface area contributed by atoms with Gasteiger partial charge in [-0.15, -0.1) is 0 Å². The molecule has 0 aliphatic carbocycles. The fraction of sp³-hybridized carbons (Fsp3) is 0.500. The molecule has 2 heterocycles. The Labute approximate surface area is 111 Å². The van der Waals surface area contributed by atoms with Gasteiger partial charge >= 0.3 is 0 Å². The van der Waals surface area contributed by atoms with Crippen LogP contribution in [0.25, 0.3) is 0 Å². The number of anilines is 1. The minimum Gasteiger partial charge on any atom is -0.382 e. The van der Waals surface area contributed by atoms with Crippen LogP contribution in [0.1, 0.15) is 5.69 Å².